The zero-order chi connectivity index (χ0) is 22.8. The Balaban J connectivity index is 1.72. The standard InChI is InChI=1S/C22H23N3O4S2/c1-13-5-8-18(16(4)9-13)31(28,29)19-11-23-22(25-21(19)27)30-12-20(26)24-17-7-6-14(2)15(3)10-17/h5-11H,12H2,1-4H3,(H,24,26)(H,23,25,27). The highest BCUT2D eigenvalue weighted by Crippen LogP contribution is 2.23. The smallest absolute Gasteiger partial charge is 0.270 e. The minimum Gasteiger partial charge on any atom is -0.325 e. The molecule has 162 valence electrons. The molecule has 2 N–H and O–H groups in total. The molecule has 2 aromatic carbocycles. The number of hydrogen-bond donors (Lipinski definition) is 2. The third-order valence-corrected chi connectivity index (χ3v) is 7.58. The average Bonchev–Trinajstić information content (AvgIpc) is 2.69. The van der Waals surface area contributed by atoms with E-state index in [1.807, 2.05) is 39.0 Å². The van der Waals surface area contributed by atoms with Crippen molar-refractivity contribution in [3.05, 3.63) is 75.2 Å². The Kier molecular flexibility index (Phi) is 6.66. The van der Waals surface area contributed by atoms with Crippen molar-refractivity contribution in [2.45, 2.75) is 42.6 Å². The quantitative estimate of drug-likeness (QED) is 0.433. The molecule has 3 rings (SSSR count). The zero-order valence-electron chi connectivity index (χ0n) is 17.6. The third kappa shape index (κ3) is 5.23. The Morgan fingerprint density at radius 3 is 2.39 bits per heavy atom. The molecule has 1 aromatic heterocycles. The number of nitrogens with one attached hydrogen (secondary N) is 2. The maximum absolute atomic E-state index is 12.9. The number of anilines is 1. The van der Waals surface area contributed by atoms with Gasteiger partial charge in [-0.25, -0.2) is 13.4 Å². The first-order valence-corrected chi connectivity index (χ1v) is 12.0. The van der Waals surface area contributed by atoms with Gasteiger partial charge in [0.25, 0.3) is 5.56 Å². The van der Waals surface area contributed by atoms with Gasteiger partial charge in [-0.3, -0.25) is 9.59 Å². The van der Waals surface area contributed by atoms with Crippen molar-refractivity contribution in [3.63, 3.8) is 0 Å². The highest BCUT2D eigenvalue weighted by atomic mass is 32.2. The fourth-order valence-corrected chi connectivity index (χ4v) is 5.09. The van der Waals surface area contributed by atoms with E-state index in [-0.39, 0.29) is 21.7 Å². The molecule has 0 aliphatic carbocycles. The Hall–Kier alpha value is -2.91. The van der Waals surface area contributed by atoms with Gasteiger partial charge in [0.2, 0.25) is 15.7 Å². The number of sulfone groups is 1. The van der Waals surface area contributed by atoms with Gasteiger partial charge in [0, 0.05) is 5.69 Å². The van der Waals surface area contributed by atoms with E-state index in [2.05, 4.69) is 15.3 Å². The van der Waals surface area contributed by atoms with Gasteiger partial charge in [-0.05, 0) is 62.6 Å². The highest BCUT2D eigenvalue weighted by Gasteiger charge is 2.24. The molecule has 0 aliphatic rings. The number of nitrogens with zero attached hydrogens (tertiary/aromatic N) is 1. The number of H-pyrrole nitrogens is 1. The van der Waals surface area contributed by atoms with Crippen LogP contribution in [-0.2, 0) is 14.6 Å². The predicted octanol–water partition coefficient (Wildman–Crippen LogP) is 3.57. The van der Waals surface area contributed by atoms with Crippen LogP contribution in [0.3, 0.4) is 0 Å². The maximum Gasteiger partial charge on any atom is 0.270 e. The Labute approximate surface area is 185 Å². The first kappa shape index (κ1) is 22.8. The van der Waals surface area contributed by atoms with Crippen molar-refractivity contribution in [3.8, 4) is 0 Å². The molecule has 0 atom stereocenters. The summed E-state index contributed by atoms with van der Waals surface area (Å²) in [7, 11) is -4.01. The number of aromatic nitrogens is 2. The molecule has 0 saturated heterocycles. The second kappa shape index (κ2) is 9.07. The Morgan fingerprint density at radius 1 is 1.00 bits per heavy atom. The Morgan fingerprint density at radius 2 is 1.74 bits per heavy atom. The maximum atomic E-state index is 12.9. The van der Waals surface area contributed by atoms with Crippen LogP contribution in [0.25, 0.3) is 0 Å². The molecule has 1 amide bonds. The first-order chi connectivity index (χ1) is 14.6. The van der Waals surface area contributed by atoms with Gasteiger partial charge in [0.05, 0.1) is 16.8 Å². The van der Waals surface area contributed by atoms with E-state index in [0.29, 0.717) is 11.3 Å². The van der Waals surface area contributed by atoms with Crippen LogP contribution in [0, 0.1) is 27.7 Å². The largest absolute Gasteiger partial charge is 0.325 e. The number of amides is 1. The summed E-state index contributed by atoms with van der Waals surface area (Å²) in [4.78, 5) is 30.8. The van der Waals surface area contributed by atoms with Gasteiger partial charge in [0.15, 0.2) is 10.1 Å². The summed E-state index contributed by atoms with van der Waals surface area (Å²) >= 11 is 1.02. The van der Waals surface area contributed by atoms with E-state index in [0.717, 1.165) is 34.6 Å². The fourth-order valence-electron chi connectivity index (χ4n) is 3.00. The number of aromatic amines is 1. The molecule has 3 aromatic rings. The monoisotopic (exact) mass is 457 g/mol. The van der Waals surface area contributed by atoms with Crippen LogP contribution in [0.1, 0.15) is 22.3 Å². The summed E-state index contributed by atoms with van der Waals surface area (Å²) in [5.41, 5.74) is 3.59. The van der Waals surface area contributed by atoms with Gasteiger partial charge in [-0.2, -0.15) is 0 Å². The molecule has 9 heteroatoms. The van der Waals surface area contributed by atoms with Crippen LogP contribution >= 0.6 is 11.8 Å². The molecule has 0 saturated carbocycles. The molecule has 7 nitrogen and oxygen atoms in total. The van der Waals surface area contributed by atoms with E-state index in [9.17, 15) is 18.0 Å². The fraction of sp³-hybridized carbons (Fsp3) is 0.227. The van der Waals surface area contributed by atoms with E-state index in [1.165, 1.54) is 6.07 Å². The van der Waals surface area contributed by atoms with Crippen LogP contribution in [0.4, 0.5) is 5.69 Å². The second-order valence-corrected chi connectivity index (χ2v) is 10.1. The molecule has 1 heterocycles. The van der Waals surface area contributed by atoms with Crippen LogP contribution in [-0.4, -0.2) is 30.0 Å². The molecular formula is C22H23N3O4S2. The normalized spacial score (nSPS) is 11.4. The lowest BCUT2D eigenvalue weighted by Gasteiger charge is -2.09. The summed E-state index contributed by atoms with van der Waals surface area (Å²) in [6.45, 7) is 7.49. The van der Waals surface area contributed by atoms with E-state index in [1.54, 1.807) is 19.1 Å². The topological polar surface area (TPSA) is 109 Å². The lowest BCUT2D eigenvalue weighted by atomic mass is 10.1. The SMILES string of the molecule is Cc1ccc(S(=O)(=O)c2cnc(SCC(=O)Nc3ccc(C)c(C)c3)[nH]c2=O)c(C)c1. The van der Waals surface area contributed by atoms with Gasteiger partial charge < -0.3 is 10.3 Å². The van der Waals surface area contributed by atoms with E-state index >= 15 is 0 Å². The number of thioether (sulfide) groups is 1. The number of benzene rings is 2. The van der Waals surface area contributed by atoms with Crippen molar-refractivity contribution in [2.75, 3.05) is 11.1 Å². The van der Waals surface area contributed by atoms with Crippen LogP contribution in [0.2, 0.25) is 0 Å². The van der Waals surface area contributed by atoms with Gasteiger partial charge in [0.1, 0.15) is 0 Å². The van der Waals surface area contributed by atoms with Gasteiger partial charge in [-0.1, -0.05) is 35.5 Å². The minimum absolute atomic E-state index is 0.0129. The van der Waals surface area contributed by atoms with Crippen LogP contribution in [0.15, 0.2) is 62.3 Å². The number of carbonyl (C=O) groups excluding carboxylic acids is 1. The summed E-state index contributed by atoms with van der Waals surface area (Å²) in [6, 6.07) is 10.5. The number of rotatable bonds is 6. The average molecular weight is 458 g/mol. The van der Waals surface area contributed by atoms with Crippen molar-refractivity contribution in [1.29, 1.82) is 0 Å². The molecule has 0 radical (unpaired) electrons. The molecule has 0 fully saturated rings. The van der Waals surface area contributed by atoms with Gasteiger partial charge in [-0.15, -0.1) is 0 Å². The predicted molar refractivity (Wildman–Crippen MR) is 121 cm³/mol. The lowest BCUT2D eigenvalue weighted by molar-refractivity contribution is -0.113. The third-order valence-electron chi connectivity index (χ3n) is 4.78. The summed E-state index contributed by atoms with van der Waals surface area (Å²) < 4.78 is 25.8. The van der Waals surface area contributed by atoms with Crippen molar-refractivity contribution < 1.29 is 13.2 Å². The zero-order valence-corrected chi connectivity index (χ0v) is 19.3. The first-order valence-electron chi connectivity index (χ1n) is 9.49. The lowest BCUT2D eigenvalue weighted by Crippen LogP contribution is -2.20. The minimum atomic E-state index is -4.01. The van der Waals surface area contributed by atoms with Crippen LogP contribution < -0.4 is 10.9 Å². The molecule has 0 bridgehead atoms. The second-order valence-electron chi connectivity index (χ2n) is 7.29. The van der Waals surface area contributed by atoms with Gasteiger partial charge >= 0.3 is 0 Å². The highest BCUT2D eigenvalue weighted by molar-refractivity contribution is 7.99. The van der Waals surface area contributed by atoms with E-state index < -0.39 is 20.3 Å². The molecule has 0 spiro atoms. The van der Waals surface area contributed by atoms with Crippen molar-refractivity contribution in [1.82, 2.24) is 9.97 Å². The Bertz CT molecular complexity index is 1310. The molecule has 0 unspecified atom stereocenters. The van der Waals surface area contributed by atoms with E-state index in [4.69, 9.17) is 0 Å². The number of carbonyl (C=O) groups is 1. The summed E-state index contributed by atoms with van der Waals surface area (Å²) in [5, 5.41) is 2.95. The van der Waals surface area contributed by atoms with Crippen molar-refractivity contribution in [2.24, 2.45) is 0 Å². The number of hydrogen-bond acceptors (Lipinski definition) is 6. The summed E-state index contributed by atoms with van der Waals surface area (Å²) in [5.74, 6) is -0.248. The summed E-state index contributed by atoms with van der Waals surface area (Å²) in [6.07, 6.45) is 1.04. The molecular weight excluding hydrogens is 434 g/mol. The number of aryl methyl sites for hydroxylation is 4. The molecule has 0 aliphatic heterocycles. The van der Waals surface area contributed by atoms with Crippen LogP contribution in [0.5, 0.6) is 0 Å². The van der Waals surface area contributed by atoms with Crippen molar-refractivity contribution >= 4 is 33.2 Å². The molecule has 31 heavy (non-hydrogen) atoms.